The molecule has 3 aromatic carbocycles. The van der Waals surface area contributed by atoms with Gasteiger partial charge in [0.15, 0.2) is 5.78 Å². The molecule has 1 N–H and O–H groups in total. The van der Waals surface area contributed by atoms with Crippen LogP contribution in [0.1, 0.15) is 21.5 Å². The number of nitrogens with zero attached hydrogens (tertiary/aromatic N) is 2. The molecular formula is C25H20N2O5S. The molecule has 0 aliphatic heterocycles. The fraction of sp³-hybridized carbons (Fsp3) is 0.120. The first kappa shape index (κ1) is 22.2. The lowest BCUT2D eigenvalue weighted by Gasteiger charge is -2.14. The van der Waals surface area contributed by atoms with Gasteiger partial charge in [0.25, 0.3) is 0 Å². The van der Waals surface area contributed by atoms with Gasteiger partial charge in [0.2, 0.25) is 0 Å². The van der Waals surface area contributed by atoms with Gasteiger partial charge in [-0.15, -0.1) is 0 Å². The average molecular weight is 461 g/mol. The number of carbonyl (C=O) groups excluding carboxylic acids is 1. The molecule has 0 unspecified atom stereocenters. The zero-order valence-electron chi connectivity index (χ0n) is 17.9. The summed E-state index contributed by atoms with van der Waals surface area (Å²) < 4.78 is 18.8. The number of allylic oxidation sites excluding steroid dienone is 1. The molecule has 33 heavy (non-hydrogen) atoms. The summed E-state index contributed by atoms with van der Waals surface area (Å²) in [5, 5.41) is 10.2. The van der Waals surface area contributed by atoms with E-state index in [-0.39, 0.29) is 23.4 Å². The van der Waals surface area contributed by atoms with Gasteiger partial charge in [-0.1, -0.05) is 18.2 Å². The molecule has 1 heterocycles. The van der Waals surface area contributed by atoms with Crippen LogP contribution < -0.4 is 9.47 Å². The first-order valence-electron chi connectivity index (χ1n) is 10.0. The number of hydrogen-bond donors (Lipinski definition) is 1. The first-order chi connectivity index (χ1) is 16.0. The van der Waals surface area contributed by atoms with Gasteiger partial charge < -0.3 is 14.6 Å². The highest BCUT2D eigenvalue weighted by Crippen LogP contribution is 2.29. The van der Waals surface area contributed by atoms with E-state index >= 15 is 0 Å². The zero-order valence-corrected chi connectivity index (χ0v) is 18.8. The minimum Gasteiger partial charge on any atom is -0.497 e. The van der Waals surface area contributed by atoms with E-state index in [9.17, 15) is 14.7 Å². The third-order valence-electron chi connectivity index (χ3n) is 5.20. The van der Waals surface area contributed by atoms with Crippen LogP contribution in [0.4, 0.5) is 0 Å². The van der Waals surface area contributed by atoms with E-state index < -0.39 is 5.97 Å². The van der Waals surface area contributed by atoms with Gasteiger partial charge in [-0.05, 0) is 59.7 Å². The van der Waals surface area contributed by atoms with Crippen molar-refractivity contribution in [2.24, 2.45) is 0 Å². The third-order valence-corrected chi connectivity index (χ3v) is 5.76. The lowest BCUT2D eigenvalue weighted by atomic mass is 9.89. The lowest BCUT2D eigenvalue weighted by molar-refractivity contribution is -0.130. The molecule has 0 saturated carbocycles. The highest BCUT2D eigenvalue weighted by atomic mass is 32.1. The zero-order chi connectivity index (χ0) is 23.4. The van der Waals surface area contributed by atoms with E-state index in [2.05, 4.69) is 8.75 Å². The van der Waals surface area contributed by atoms with Gasteiger partial charge >= 0.3 is 5.97 Å². The summed E-state index contributed by atoms with van der Waals surface area (Å²) in [5.41, 5.74) is 2.84. The number of ether oxygens (including phenoxy) is 2. The van der Waals surface area contributed by atoms with E-state index in [0.29, 0.717) is 33.7 Å². The normalized spacial score (nSPS) is 11.7. The van der Waals surface area contributed by atoms with E-state index in [1.165, 1.54) is 7.11 Å². The van der Waals surface area contributed by atoms with Crippen LogP contribution in [0.3, 0.4) is 0 Å². The van der Waals surface area contributed by atoms with Crippen molar-refractivity contribution in [1.29, 1.82) is 0 Å². The lowest BCUT2D eigenvalue weighted by Crippen LogP contribution is -2.14. The van der Waals surface area contributed by atoms with Gasteiger partial charge in [-0.2, -0.15) is 8.75 Å². The largest absolute Gasteiger partial charge is 0.497 e. The van der Waals surface area contributed by atoms with Crippen LogP contribution in [0.25, 0.3) is 16.6 Å². The molecule has 4 aromatic rings. The fourth-order valence-corrected chi connectivity index (χ4v) is 4.07. The number of carbonyl (C=O) groups is 2. The van der Waals surface area contributed by atoms with Gasteiger partial charge in [0, 0.05) is 17.6 Å². The summed E-state index contributed by atoms with van der Waals surface area (Å²) in [6, 6.07) is 18.8. The number of aromatic nitrogens is 2. The number of rotatable bonds is 8. The van der Waals surface area contributed by atoms with Crippen LogP contribution >= 0.6 is 11.7 Å². The number of aliphatic carboxylic acids is 1. The summed E-state index contributed by atoms with van der Waals surface area (Å²) >= 11 is 1.05. The van der Waals surface area contributed by atoms with Crippen molar-refractivity contribution in [2.75, 3.05) is 14.2 Å². The Bertz CT molecular complexity index is 1360. The summed E-state index contributed by atoms with van der Waals surface area (Å²) in [6.45, 7) is 0. The predicted octanol–water partition coefficient (Wildman–Crippen LogP) is 4.67. The fourth-order valence-electron chi connectivity index (χ4n) is 3.55. The number of methoxy groups -OCH3 is 2. The number of benzene rings is 3. The number of fused-ring (bicyclic) bond motifs is 1. The maximum absolute atomic E-state index is 13.6. The molecule has 4 rings (SSSR count). The number of Topliss-reactive ketones (excluding diaryl/α,β-unsaturated/α-hetero) is 1. The Kier molecular flexibility index (Phi) is 6.46. The standard InChI is InChI=1S/C25H20N2O5S/c1-31-18-9-6-16(7-10-18)24(28)20(13-15-4-3-5-19(12-15)32-2)23(25(29)30)17-8-11-21-22(14-17)27-33-26-21/h3-12,14H,13H2,1-2H3,(H,29,30)/b23-20-. The molecule has 0 aliphatic carbocycles. The van der Waals surface area contributed by atoms with Crippen molar-refractivity contribution in [3.8, 4) is 11.5 Å². The van der Waals surface area contributed by atoms with Crippen molar-refractivity contribution in [3.05, 3.63) is 89.0 Å². The van der Waals surface area contributed by atoms with Gasteiger partial charge in [0.05, 0.1) is 31.5 Å². The highest BCUT2D eigenvalue weighted by molar-refractivity contribution is 7.00. The van der Waals surface area contributed by atoms with Crippen molar-refractivity contribution in [1.82, 2.24) is 8.75 Å². The van der Waals surface area contributed by atoms with Crippen LogP contribution in [-0.2, 0) is 11.2 Å². The van der Waals surface area contributed by atoms with Crippen molar-refractivity contribution in [3.63, 3.8) is 0 Å². The minimum absolute atomic E-state index is 0.0754. The Morgan fingerprint density at radius 3 is 2.24 bits per heavy atom. The number of ketones is 1. The molecule has 0 radical (unpaired) electrons. The summed E-state index contributed by atoms with van der Waals surface area (Å²) in [4.78, 5) is 26.1. The first-order valence-corrected chi connectivity index (χ1v) is 10.7. The Morgan fingerprint density at radius 1 is 0.848 bits per heavy atom. The minimum atomic E-state index is -1.20. The second-order valence-corrected chi connectivity index (χ2v) is 7.74. The smallest absolute Gasteiger partial charge is 0.336 e. The summed E-state index contributed by atoms with van der Waals surface area (Å²) in [6.07, 6.45) is 0.108. The second kappa shape index (κ2) is 9.62. The SMILES string of the molecule is COc1ccc(C(=O)/C(Cc2cccc(OC)c2)=C(\C(=O)O)c2ccc3nsnc3c2)cc1. The summed E-state index contributed by atoms with van der Waals surface area (Å²) in [7, 11) is 3.09. The van der Waals surface area contributed by atoms with Crippen LogP contribution in [0.5, 0.6) is 11.5 Å². The Labute approximate surface area is 194 Å². The molecule has 7 nitrogen and oxygen atoms in total. The molecule has 0 spiro atoms. The second-order valence-electron chi connectivity index (χ2n) is 7.21. The number of carboxylic acids is 1. The highest BCUT2D eigenvalue weighted by Gasteiger charge is 2.24. The number of hydrogen-bond acceptors (Lipinski definition) is 7. The quantitative estimate of drug-likeness (QED) is 0.301. The molecule has 0 saturated heterocycles. The maximum atomic E-state index is 13.6. The van der Waals surface area contributed by atoms with E-state index in [4.69, 9.17) is 9.47 Å². The maximum Gasteiger partial charge on any atom is 0.336 e. The van der Waals surface area contributed by atoms with E-state index in [1.807, 2.05) is 6.07 Å². The average Bonchev–Trinajstić information content (AvgIpc) is 3.31. The molecule has 0 atom stereocenters. The van der Waals surface area contributed by atoms with Crippen molar-refractivity contribution in [2.45, 2.75) is 6.42 Å². The molecule has 8 heteroatoms. The monoisotopic (exact) mass is 460 g/mol. The van der Waals surface area contributed by atoms with Crippen molar-refractivity contribution < 1.29 is 24.2 Å². The Morgan fingerprint density at radius 2 is 1.55 bits per heavy atom. The van der Waals surface area contributed by atoms with Crippen LogP contribution in [0.2, 0.25) is 0 Å². The molecular weight excluding hydrogens is 440 g/mol. The van der Waals surface area contributed by atoms with Crippen LogP contribution in [-0.4, -0.2) is 39.8 Å². The van der Waals surface area contributed by atoms with Crippen molar-refractivity contribution >= 4 is 40.1 Å². The van der Waals surface area contributed by atoms with Gasteiger partial charge in [-0.3, -0.25) is 4.79 Å². The molecule has 1 aromatic heterocycles. The number of carboxylic acid groups (broad SMARTS) is 1. The molecule has 0 aliphatic rings. The molecule has 0 amide bonds. The topological polar surface area (TPSA) is 98.6 Å². The third kappa shape index (κ3) is 4.75. The molecule has 0 bridgehead atoms. The summed E-state index contributed by atoms with van der Waals surface area (Å²) in [5.74, 6) is -0.355. The van der Waals surface area contributed by atoms with E-state index in [1.54, 1.807) is 67.8 Å². The van der Waals surface area contributed by atoms with Gasteiger partial charge in [0.1, 0.15) is 22.5 Å². The Hall–Kier alpha value is -4.04. The Balaban J connectivity index is 1.89. The molecule has 166 valence electrons. The predicted molar refractivity (Wildman–Crippen MR) is 126 cm³/mol. The van der Waals surface area contributed by atoms with Crippen LogP contribution in [0.15, 0.2) is 72.3 Å². The van der Waals surface area contributed by atoms with Gasteiger partial charge in [-0.25, -0.2) is 4.79 Å². The van der Waals surface area contributed by atoms with Crippen LogP contribution in [0, 0.1) is 0 Å². The molecule has 0 fully saturated rings. The van der Waals surface area contributed by atoms with E-state index in [0.717, 1.165) is 17.3 Å².